The Bertz CT molecular complexity index is 890. The van der Waals surface area contributed by atoms with E-state index in [9.17, 15) is 0 Å². The number of hydrogen-bond acceptors (Lipinski definition) is 0. The van der Waals surface area contributed by atoms with Crippen LogP contribution in [0.5, 0.6) is 0 Å². The van der Waals surface area contributed by atoms with Crippen LogP contribution in [0.25, 0.3) is 9.69 Å². The maximum atomic E-state index is 5.19. The van der Waals surface area contributed by atoms with Gasteiger partial charge in [-0.1, -0.05) is 112 Å². The minimum atomic E-state index is -0.438. The molecule has 0 radical (unpaired) electrons. The van der Waals surface area contributed by atoms with Crippen LogP contribution in [0.2, 0.25) is 0 Å². The summed E-state index contributed by atoms with van der Waals surface area (Å²) in [6, 6.07) is 29.5. The fourth-order valence-corrected chi connectivity index (χ4v) is 5.01. The lowest BCUT2D eigenvalue weighted by atomic mass is 9.56. The topological polar surface area (TPSA) is 8.72 Å². The fourth-order valence-electron chi connectivity index (χ4n) is 5.01. The van der Waals surface area contributed by atoms with Crippen molar-refractivity contribution in [1.82, 2.24) is 0 Å². The lowest BCUT2D eigenvalue weighted by Gasteiger charge is -2.37. The van der Waals surface area contributed by atoms with Crippen LogP contribution < -0.4 is 0 Å². The van der Waals surface area contributed by atoms with E-state index in [1.165, 1.54) is 11.1 Å². The van der Waals surface area contributed by atoms with E-state index in [4.69, 9.17) is 9.69 Å². The van der Waals surface area contributed by atoms with Gasteiger partial charge in [0.05, 0.1) is 0 Å². The summed E-state index contributed by atoms with van der Waals surface area (Å²) in [5.41, 5.74) is 1.60. The molecule has 0 aliphatic carbocycles. The van der Waals surface area contributed by atoms with E-state index in [1.807, 2.05) is 0 Å². The van der Waals surface area contributed by atoms with Crippen LogP contribution in [0.3, 0.4) is 0 Å². The molecule has 1 aliphatic heterocycles. The molecule has 31 heavy (non-hydrogen) atoms. The van der Waals surface area contributed by atoms with Crippen LogP contribution in [-0.2, 0) is 10.8 Å². The quantitative estimate of drug-likeness (QED) is 0.456. The fraction of sp³-hybridized carbons (Fsp3) is 0.517. The molecule has 0 saturated carbocycles. The average Bonchev–Trinajstić information content (AvgIpc) is 2.87. The van der Waals surface area contributed by atoms with Gasteiger partial charge >= 0.3 is 0 Å². The van der Waals surface area contributed by atoms with Gasteiger partial charge in [-0.15, -0.1) is 0 Å². The monoisotopic (exact) mass is 414 g/mol. The zero-order valence-corrected chi connectivity index (χ0v) is 20.1. The van der Waals surface area contributed by atoms with Gasteiger partial charge in [0.1, 0.15) is 6.42 Å². The summed E-state index contributed by atoms with van der Waals surface area (Å²) in [6.07, 6.45) is 2.70. The number of benzene rings is 2. The van der Waals surface area contributed by atoms with Gasteiger partial charge in [-0.25, -0.2) is 0 Å². The number of nitrogens with zero attached hydrogens (tertiary/aromatic N) is 2. The molecule has 1 aliphatic rings. The summed E-state index contributed by atoms with van der Waals surface area (Å²) in [4.78, 5) is 10.4. The molecular weight excluding hydrogens is 376 g/mol. The third-order valence-electron chi connectivity index (χ3n) is 7.19. The van der Waals surface area contributed by atoms with Crippen LogP contribution in [-0.4, -0.2) is 12.1 Å². The zero-order chi connectivity index (χ0) is 22.5. The highest BCUT2D eigenvalue weighted by molar-refractivity contribution is 5.51. The van der Waals surface area contributed by atoms with Crippen molar-refractivity contribution in [1.29, 1.82) is 0 Å². The molecular formula is C29H38N2+2. The number of rotatable bonds is 6. The summed E-state index contributed by atoms with van der Waals surface area (Å²) >= 11 is 0. The lowest BCUT2D eigenvalue weighted by Crippen LogP contribution is -2.47. The standard InChI is InChI=1S/C29H38N2/c1-7-28(24-15-11-9-12-16-24)20-30-26(22(3)4)19-27(23(5)6)31-21-29(28,8-2)25-17-13-10-14-18-25/h9-18,22-23,26-27H,7-8,19H2,1-6H3/q+2. The molecule has 4 atom stereocenters. The number of hydrogen-bond donors (Lipinski definition) is 0. The van der Waals surface area contributed by atoms with Gasteiger partial charge in [-0.2, -0.15) is 0 Å². The summed E-state index contributed by atoms with van der Waals surface area (Å²) in [6.45, 7) is 13.6. The molecule has 4 unspecified atom stereocenters. The Labute approximate surface area is 189 Å². The van der Waals surface area contributed by atoms with Gasteiger partial charge in [0, 0.05) is 11.8 Å². The first-order valence-electron chi connectivity index (χ1n) is 11.9. The lowest BCUT2D eigenvalue weighted by molar-refractivity contribution is 0.331. The highest BCUT2D eigenvalue weighted by atomic mass is 14.8. The minimum Gasteiger partial charge on any atom is -0.0787 e. The SMILES string of the molecule is CCC1(c2ccccc2)C#[N+]C(C(C)C)CC(C(C)C)[N+]#CC1(CC)c1ccccc1. The third-order valence-corrected chi connectivity index (χ3v) is 7.19. The first kappa shape index (κ1) is 23.1. The van der Waals surface area contributed by atoms with Crippen molar-refractivity contribution in [3.05, 3.63) is 81.5 Å². The molecule has 1 heterocycles. The van der Waals surface area contributed by atoms with Crippen molar-refractivity contribution in [3.63, 3.8) is 0 Å². The smallest absolute Gasteiger partial charge is 0.0787 e. The molecule has 2 aromatic carbocycles. The minimum absolute atomic E-state index is 0.205. The highest BCUT2D eigenvalue weighted by Crippen LogP contribution is 2.49. The van der Waals surface area contributed by atoms with Crippen LogP contribution >= 0.6 is 0 Å². The Hall–Kier alpha value is -2.58. The summed E-state index contributed by atoms with van der Waals surface area (Å²) in [7, 11) is 0. The molecule has 2 heteroatoms. The van der Waals surface area contributed by atoms with E-state index in [2.05, 4.69) is 114 Å². The van der Waals surface area contributed by atoms with Crippen molar-refractivity contribution in [2.24, 2.45) is 11.8 Å². The predicted molar refractivity (Wildman–Crippen MR) is 133 cm³/mol. The molecule has 0 N–H and O–H groups in total. The normalized spacial score (nSPS) is 28.0. The Kier molecular flexibility index (Phi) is 7.23. The van der Waals surface area contributed by atoms with Gasteiger partial charge in [0.2, 0.25) is 0 Å². The molecule has 2 aromatic rings. The molecule has 0 bridgehead atoms. The highest BCUT2D eigenvalue weighted by Gasteiger charge is 2.59. The van der Waals surface area contributed by atoms with E-state index in [0.717, 1.165) is 19.3 Å². The van der Waals surface area contributed by atoms with E-state index in [0.29, 0.717) is 11.8 Å². The first-order valence-corrected chi connectivity index (χ1v) is 11.9. The second-order valence-corrected chi connectivity index (χ2v) is 9.59. The van der Waals surface area contributed by atoms with Gasteiger partial charge in [-0.05, 0) is 24.0 Å². The largest absolute Gasteiger partial charge is 0.287 e. The summed E-state index contributed by atoms with van der Waals surface area (Å²) in [5, 5.41) is 0. The molecule has 0 spiro atoms. The first-order chi connectivity index (χ1) is 14.9. The molecule has 0 amide bonds. The van der Waals surface area contributed by atoms with Crippen LogP contribution in [0.1, 0.15) is 71.9 Å². The second kappa shape index (κ2) is 9.70. The van der Waals surface area contributed by atoms with Crippen LogP contribution in [0.4, 0.5) is 0 Å². The van der Waals surface area contributed by atoms with Gasteiger partial charge in [0.25, 0.3) is 24.2 Å². The molecule has 2 nitrogen and oxygen atoms in total. The second-order valence-electron chi connectivity index (χ2n) is 9.59. The van der Waals surface area contributed by atoms with Gasteiger partial charge in [0.15, 0.2) is 10.8 Å². The Balaban J connectivity index is 2.42. The van der Waals surface area contributed by atoms with Crippen LogP contribution in [0.15, 0.2) is 60.7 Å². The maximum Gasteiger partial charge on any atom is 0.287 e. The van der Waals surface area contributed by atoms with E-state index in [1.54, 1.807) is 0 Å². The van der Waals surface area contributed by atoms with Gasteiger partial charge < -0.3 is 0 Å². The molecule has 162 valence electrons. The summed E-state index contributed by atoms with van der Waals surface area (Å²) < 4.78 is 0. The van der Waals surface area contributed by atoms with Crippen molar-refractivity contribution in [2.45, 2.75) is 83.7 Å². The third kappa shape index (κ3) is 4.27. The predicted octanol–water partition coefficient (Wildman–Crippen LogP) is 7.80. The molecule has 0 saturated heterocycles. The summed E-state index contributed by atoms with van der Waals surface area (Å²) in [5.74, 6) is 0.889. The Morgan fingerprint density at radius 1 is 0.710 bits per heavy atom. The van der Waals surface area contributed by atoms with Crippen LogP contribution in [0, 0.1) is 24.0 Å². The van der Waals surface area contributed by atoms with Gasteiger partial charge in [-0.3, -0.25) is 0 Å². The van der Waals surface area contributed by atoms with E-state index in [-0.39, 0.29) is 12.1 Å². The molecule has 0 aromatic heterocycles. The Morgan fingerprint density at radius 2 is 1.06 bits per heavy atom. The Morgan fingerprint density at radius 3 is 1.35 bits per heavy atom. The van der Waals surface area contributed by atoms with Crippen molar-refractivity contribution >= 4 is 0 Å². The molecule has 3 rings (SSSR count). The van der Waals surface area contributed by atoms with E-state index >= 15 is 0 Å². The van der Waals surface area contributed by atoms with Crippen molar-refractivity contribution in [3.8, 4) is 12.1 Å². The van der Waals surface area contributed by atoms with Crippen molar-refractivity contribution in [2.75, 3.05) is 0 Å². The van der Waals surface area contributed by atoms with Crippen molar-refractivity contribution < 1.29 is 0 Å². The maximum absolute atomic E-state index is 5.19. The molecule has 0 fully saturated rings. The average molecular weight is 415 g/mol. The van der Waals surface area contributed by atoms with E-state index < -0.39 is 10.8 Å². The zero-order valence-electron chi connectivity index (χ0n) is 20.1.